The monoisotopic (exact) mass is 356 g/mol. The molecule has 0 aliphatic rings. The van der Waals surface area contributed by atoms with Crippen molar-refractivity contribution in [1.82, 2.24) is 15.5 Å². The van der Waals surface area contributed by atoms with Crippen LogP contribution in [-0.2, 0) is 16.1 Å². The van der Waals surface area contributed by atoms with Crippen LogP contribution < -0.4 is 15.4 Å². The van der Waals surface area contributed by atoms with Crippen LogP contribution in [0.2, 0.25) is 5.02 Å². The number of methoxy groups -OCH3 is 2. The van der Waals surface area contributed by atoms with Gasteiger partial charge in [-0.3, -0.25) is 4.79 Å². The van der Waals surface area contributed by atoms with Crippen LogP contribution >= 0.6 is 11.6 Å². The summed E-state index contributed by atoms with van der Waals surface area (Å²) in [5.74, 6) is 1.12. The number of nitrogens with one attached hydrogen (secondary N) is 2. The molecule has 0 spiro atoms. The van der Waals surface area contributed by atoms with E-state index in [0.717, 1.165) is 5.56 Å². The first-order valence-corrected chi connectivity index (χ1v) is 7.89. The summed E-state index contributed by atoms with van der Waals surface area (Å²) < 4.78 is 10.1. The van der Waals surface area contributed by atoms with Gasteiger partial charge in [-0.2, -0.15) is 0 Å². The fourth-order valence-electron chi connectivity index (χ4n) is 1.74. The first-order valence-electron chi connectivity index (χ1n) is 7.51. The summed E-state index contributed by atoms with van der Waals surface area (Å²) in [5, 5.41) is 6.65. The maximum atomic E-state index is 11.7. The lowest BCUT2D eigenvalue weighted by atomic mass is 10.2. The predicted octanol–water partition coefficient (Wildman–Crippen LogP) is 1.12. The minimum atomic E-state index is -0.0382. The van der Waals surface area contributed by atoms with Crippen molar-refractivity contribution < 1.29 is 14.3 Å². The van der Waals surface area contributed by atoms with Gasteiger partial charge in [0, 0.05) is 27.7 Å². The van der Waals surface area contributed by atoms with Crippen LogP contribution in [0.3, 0.4) is 0 Å². The zero-order valence-corrected chi connectivity index (χ0v) is 15.3. The maximum Gasteiger partial charge on any atom is 0.241 e. The molecule has 0 aliphatic carbocycles. The largest absolute Gasteiger partial charge is 0.495 e. The third-order valence-electron chi connectivity index (χ3n) is 3.14. The fourth-order valence-corrected chi connectivity index (χ4v) is 2.02. The Morgan fingerprint density at radius 1 is 1.29 bits per heavy atom. The van der Waals surface area contributed by atoms with Crippen molar-refractivity contribution in [3.05, 3.63) is 28.8 Å². The summed E-state index contributed by atoms with van der Waals surface area (Å²) in [4.78, 5) is 17.7. The van der Waals surface area contributed by atoms with E-state index < -0.39 is 0 Å². The topological polar surface area (TPSA) is 75.2 Å². The van der Waals surface area contributed by atoms with E-state index in [1.807, 2.05) is 12.1 Å². The minimum absolute atomic E-state index is 0.0382. The summed E-state index contributed by atoms with van der Waals surface area (Å²) >= 11 is 6.11. The Morgan fingerprint density at radius 3 is 2.62 bits per heavy atom. The molecule has 0 atom stereocenters. The lowest BCUT2D eigenvalue weighted by Crippen LogP contribution is -2.43. The first kappa shape index (κ1) is 20.1. The quantitative estimate of drug-likeness (QED) is 0.415. The van der Waals surface area contributed by atoms with Gasteiger partial charge in [0.2, 0.25) is 5.91 Å². The third kappa shape index (κ3) is 7.06. The number of amides is 1. The zero-order chi connectivity index (χ0) is 17.9. The number of rotatable bonds is 8. The van der Waals surface area contributed by atoms with E-state index >= 15 is 0 Å². The molecule has 134 valence electrons. The van der Waals surface area contributed by atoms with Crippen molar-refractivity contribution in [3.63, 3.8) is 0 Å². The second kappa shape index (κ2) is 10.7. The SMILES string of the molecule is COCCNC(=NCc1ccc(OC)c(Cl)c1)NCC(=O)N(C)C. The summed E-state index contributed by atoms with van der Waals surface area (Å²) in [5.41, 5.74) is 0.938. The average molecular weight is 357 g/mol. The molecule has 0 heterocycles. The smallest absolute Gasteiger partial charge is 0.241 e. The van der Waals surface area contributed by atoms with E-state index in [-0.39, 0.29) is 12.5 Å². The molecule has 8 heteroatoms. The molecule has 1 aromatic carbocycles. The number of guanidine groups is 1. The molecule has 0 fully saturated rings. The van der Waals surface area contributed by atoms with Crippen LogP contribution in [0.1, 0.15) is 5.56 Å². The molecule has 0 aromatic heterocycles. The number of hydrogen-bond donors (Lipinski definition) is 2. The van der Waals surface area contributed by atoms with Crippen molar-refractivity contribution in [1.29, 1.82) is 0 Å². The van der Waals surface area contributed by atoms with E-state index in [0.29, 0.717) is 36.4 Å². The van der Waals surface area contributed by atoms with Gasteiger partial charge >= 0.3 is 0 Å². The molecule has 0 bridgehead atoms. The van der Waals surface area contributed by atoms with E-state index in [2.05, 4.69) is 15.6 Å². The second-order valence-electron chi connectivity index (χ2n) is 5.20. The summed E-state index contributed by atoms with van der Waals surface area (Å²) in [6, 6.07) is 5.50. The second-order valence-corrected chi connectivity index (χ2v) is 5.60. The molecular weight excluding hydrogens is 332 g/mol. The lowest BCUT2D eigenvalue weighted by molar-refractivity contribution is -0.127. The number of likely N-dealkylation sites (N-methyl/N-ethyl adjacent to an activating group) is 1. The van der Waals surface area contributed by atoms with Crippen molar-refractivity contribution in [2.24, 2.45) is 4.99 Å². The Labute approximate surface area is 148 Å². The molecule has 0 saturated heterocycles. The molecule has 1 aromatic rings. The normalized spacial score (nSPS) is 11.1. The molecule has 7 nitrogen and oxygen atoms in total. The van der Waals surface area contributed by atoms with Crippen molar-refractivity contribution >= 4 is 23.5 Å². The minimum Gasteiger partial charge on any atom is -0.495 e. The highest BCUT2D eigenvalue weighted by Crippen LogP contribution is 2.25. The molecule has 1 rings (SSSR count). The molecule has 1 amide bonds. The standard InChI is InChI=1S/C16H25ClN4O3/c1-21(2)15(22)11-20-16(18-7-8-23-3)19-10-12-5-6-14(24-4)13(17)9-12/h5-6,9H,7-8,10-11H2,1-4H3,(H2,18,19,20). The van der Waals surface area contributed by atoms with E-state index in [9.17, 15) is 4.79 Å². The van der Waals surface area contributed by atoms with Gasteiger partial charge in [0.25, 0.3) is 0 Å². The molecule has 0 saturated carbocycles. The Kier molecular flexibility index (Phi) is 8.96. The van der Waals surface area contributed by atoms with E-state index in [1.165, 1.54) is 4.90 Å². The molecule has 24 heavy (non-hydrogen) atoms. The number of aliphatic imine (C=N–C) groups is 1. The summed E-state index contributed by atoms with van der Waals surface area (Å²) in [7, 11) is 6.61. The van der Waals surface area contributed by atoms with Crippen LogP contribution in [0.15, 0.2) is 23.2 Å². The molecule has 0 unspecified atom stereocenters. The zero-order valence-electron chi connectivity index (χ0n) is 14.6. The summed E-state index contributed by atoms with van der Waals surface area (Å²) in [6.07, 6.45) is 0. The van der Waals surface area contributed by atoms with E-state index in [1.54, 1.807) is 34.4 Å². The van der Waals surface area contributed by atoms with E-state index in [4.69, 9.17) is 21.1 Å². The van der Waals surface area contributed by atoms with Gasteiger partial charge in [-0.25, -0.2) is 4.99 Å². The average Bonchev–Trinajstić information content (AvgIpc) is 2.56. The maximum absolute atomic E-state index is 11.7. The van der Waals surface area contributed by atoms with Crippen LogP contribution in [0.25, 0.3) is 0 Å². The van der Waals surface area contributed by atoms with Gasteiger partial charge in [0.1, 0.15) is 5.75 Å². The van der Waals surface area contributed by atoms with Gasteiger partial charge in [0.15, 0.2) is 5.96 Å². The number of benzene rings is 1. The molecule has 0 aliphatic heterocycles. The van der Waals surface area contributed by atoms with Crippen molar-refractivity contribution in [2.75, 3.05) is 48.0 Å². The van der Waals surface area contributed by atoms with Crippen LogP contribution in [0, 0.1) is 0 Å². The number of carbonyl (C=O) groups excluding carboxylic acids is 1. The van der Waals surface area contributed by atoms with Crippen molar-refractivity contribution in [2.45, 2.75) is 6.54 Å². The van der Waals surface area contributed by atoms with Crippen molar-refractivity contribution in [3.8, 4) is 5.75 Å². The first-order chi connectivity index (χ1) is 11.5. The summed E-state index contributed by atoms with van der Waals surface area (Å²) in [6.45, 7) is 1.70. The molecule has 2 N–H and O–H groups in total. The number of nitrogens with zero attached hydrogens (tertiary/aromatic N) is 2. The Bertz CT molecular complexity index is 564. The number of carbonyl (C=O) groups is 1. The Morgan fingerprint density at radius 2 is 2.04 bits per heavy atom. The predicted molar refractivity (Wildman–Crippen MR) is 95.7 cm³/mol. The van der Waals surface area contributed by atoms with Gasteiger partial charge in [-0.05, 0) is 17.7 Å². The Hall–Kier alpha value is -1.99. The van der Waals surface area contributed by atoms with Gasteiger partial charge in [-0.15, -0.1) is 0 Å². The number of halogens is 1. The molecular formula is C16H25ClN4O3. The van der Waals surface area contributed by atoms with Gasteiger partial charge in [0.05, 0.1) is 31.8 Å². The highest BCUT2D eigenvalue weighted by atomic mass is 35.5. The highest BCUT2D eigenvalue weighted by molar-refractivity contribution is 6.32. The lowest BCUT2D eigenvalue weighted by Gasteiger charge is -2.15. The fraction of sp³-hybridized carbons (Fsp3) is 0.500. The van der Waals surface area contributed by atoms with Gasteiger partial charge in [-0.1, -0.05) is 17.7 Å². The molecule has 0 radical (unpaired) electrons. The van der Waals surface area contributed by atoms with Crippen LogP contribution in [0.5, 0.6) is 5.75 Å². The van der Waals surface area contributed by atoms with Gasteiger partial charge < -0.3 is 25.0 Å². The van der Waals surface area contributed by atoms with Crippen LogP contribution in [-0.4, -0.2) is 64.8 Å². The number of ether oxygens (including phenoxy) is 2. The highest BCUT2D eigenvalue weighted by Gasteiger charge is 2.06. The number of hydrogen-bond acceptors (Lipinski definition) is 4. The third-order valence-corrected chi connectivity index (χ3v) is 3.44. The Balaban J connectivity index is 2.71. The van der Waals surface area contributed by atoms with Crippen LogP contribution in [0.4, 0.5) is 0 Å².